The first-order chi connectivity index (χ1) is 7.29. The van der Waals surface area contributed by atoms with Gasteiger partial charge in [-0.3, -0.25) is 0 Å². The number of hydrogen-bond donors (Lipinski definition) is 0. The van der Waals surface area contributed by atoms with Gasteiger partial charge in [-0.15, -0.1) is 0 Å². The average molecular weight is 338 g/mol. The van der Waals surface area contributed by atoms with Gasteiger partial charge in [0.25, 0.3) is 0 Å². The van der Waals surface area contributed by atoms with Crippen molar-refractivity contribution >= 4 is 0 Å². The molecule has 0 amide bonds. The van der Waals surface area contributed by atoms with Crippen molar-refractivity contribution in [3.8, 4) is 5.88 Å². The van der Waals surface area contributed by atoms with Crippen molar-refractivity contribution in [2.24, 2.45) is 0 Å². The van der Waals surface area contributed by atoms with Crippen LogP contribution >= 0.6 is 0 Å². The molecular formula is C11H14BrNO2Zn. The minimum atomic E-state index is 0. The van der Waals surface area contributed by atoms with Crippen LogP contribution in [0.2, 0.25) is 4.51 Å². The van der Waals surface area contributed by atoms with E-state index in [1.54, 1.807) is 13.3 Å². The van der Waals surface area contributed by atoms with E-state index in [4.69, 9.17) is 9.47 Å². The average Bonchev–Trinajstić information content (AvgIpc) is 2.29. The van der Waals surface area contributed by atoms with Gasteiger partial charge in [0, 0.05) is 0 Å². The van der Waals surface area contributed by atoms with E-state index in [-0.39, 0.29) is 23.1 Å². The van der Waals surface area contributed by atoms with Crippen molar-refractivity contribution < 1.29 is 44.8 Å². The number of nitrogens with zero attached hydrogens (tertiary/aromatic N) is 1. The van der Waals surface area contributed by atoms with Crippen molar-refractivity contribution in [2.75, 3.05) is 13.7 Å². The maximum absolute atomic E-state index is 5.77. The molecule has 1 aromatic rings. The number of methoxy groups -OCH3 is 1. The number of hydrogen-bond acceptors (Lipinski definition) is 3. The van der Waals surface area contributed by atoms with Crippen LogP contribution < -0.4 is 21.7 Å². The van der Waals surface area contributed by atoms with Crippen molar-refractivity contribution in [1.29, 1.82) is 0 Å². The Bertz CT molecular complexity index is 338. The maximum atomic E-state index is 5.77. The quantitative estimate of drug-likeness (QED) is 0.668. The second-order valence-corrected chi connectivity index (χ2v) is 6.30. The SMILES string of the molecule is COc1cc(C2C[CH]([Zn+])CCO2)ccn1.[Br-]. The molecular weight excluding hydrogens is 323 g/mol. The third-order valence-electron chi connectivity index (χ3n) is 2.73. The van der Waals surface area contributed by atoms with Crippen LogP contribution in [-0.4, -0.2) is 18.7 Å². The molecule has 0 N–H and O–H groups in total. The van der Waals surface area contributed by atoms with E-state index in [9.17, 15) is 0 Å². The molecule has 0 bridgehead atoms. The van der Waals surface area contributed by atoms with Crippen LogP contribution in [0, 0.1) is 0 Å². The molecule has 1 aromatic heterocycles. The molecule has 3 nitrogen and oxygen atoms in total. The van der Waals surface area contributed by atoms with Gasteiger partial charge in [-0.05, 0) is 0 Å². The van der Waals surface area contributed by atoms with Crippen LogP contribution in [0.4, 0.5) is 0 Å². The van der Waals surface area contributed by atoms with E-state index in [0.717, 1.165) is 17.5 Å². The molecule has 0 saturated carbocycles. The number of rotatable bonds is 2. The predicted molar refractivity (Wildman–Crippen MR) is 52.5 cm³/mol. The van der Waals surface area contributed by atoms with Crippen LogP contribution in [0.3, 0.4) is 0 Å². The summed E-state index contributed by atoms with van der Waals surface area (Å²) in [5.41, 5.74) is 1.19. The molecule has 2 unspecified atom stereocenters. The maximum Gasteiger partial charge on any atom is -1.00 e. The van der Waals surface area contributed by atoms with Gasteiger partial charge < -0.3 is 17.0 Å². The molecule has 2 heterocycles. The zero-order chi connectivity index (χ0) is 10.7. The summed E-state index contributed by atoms with van der Waals surface area (Å²) in [7, 11) is 1.64. The summed E-state index contributed by atoms with van der Waals surface area (Å²) in [6.45, 7) is 0.889. The van der Waals surface area contributed by atoms with Gasteiger partial charge in [0.2, 0.25) is 0 Å². The third kappa shape index (κ3) is 3.51. The fourth-order valence-electron chi connectivity index (χ4n) is 1.83. The Hall–Kier alpha value is 0.0134. The molecule has 5 heteroatoms. The van der Waals surface area contributed by atoms with Crippen LogP contribution in [0.15, 0.2) is 18.3 Å². The molecule has 0 aliphatic carbocycles. The Morgan fingerprint density at radius 3 is 3.06 bits per heavy atom. The number of pyridine rings is 1. The normalized spacial score (nSPS) is 24.7. The fourth-order valence-corrected chi connectivity index (χ4v) is 2.82. The summed E-state index contributed by atoms with van der Waals surface area (Å²) in [6, 6.07) is 3.99. The second kappa shape index (κ2) is 6.68. The number of aromatic nitrogens is 1. The predicted octanol–water partition coefficient (Wildman–Crippen LogP) is -0.719. The Kier molecular flexibility index (Phi) is 5.87. The summed E-state index contributed by atoms with van der Waals surface area (Å²) >= 11 is 1.36. The summed E-state index contributed by atoms with van der Waals surface area (Å²) in [6.07, 6.45) is 4.40. The minimum absolute atomic E-state index is 0. The van der Waals surface area contributed by atoms with Crippen molar-refractivity contribution in [3.05, 3.63) is 23.9 Å². The molecule has 84 valence electrons. The second-order valence-electron chi connectivity index (χ2n) is 3.88. The van der Waals surface area contributed by atoms with Crippen molar-refractivity contribution in [2.45, 2.75) is 23.5 Å². The molecule has 1 aliphatic heterocycles. The van der Waals surface area contributed by atoms with Crippen LogP contribution in [0.5, 0.6) is 5.88 Å². The van der Waals surface area contributed by atoms with E-state index in [0.29, 0.717) is 5.88 Å². The first kappa shape index (κ1) is 14.1. The number of halogens is 1. The zero-order valence-electron chi connectivity index (χ0n) is 9.36. The Labute approximate surface area is 116 Å². The molecule has 16 heavy (non-hydrogen) atoms. The Morgan fingerprint density at radius 1 is 1.56 bits per heavy atom. The summed E-state index contributed by atoms with van der Waals surface area (Å²) in [4.78, 5) is 4.10. The smallest absolute Gasteiger partial charge is 1.00 e. The first-order valence-electron chi connectivity index (χ1n) is 5.24. The van der Waals surface area contributed by atoms with Gasteiger partial charge in [-0.2, -0.15) is 0 Å². The minimum Gasteiger partial charge on any atom is -1.00 e. The van der Waals surface area contributed by atoms with Crippen LogP contribution in [0.25, 0.3) is 0 Å². The summed E-state index contributed by atoms with van der Waals surface area (Å²) in [5, 5.41) is 0. The zero-order valence-corrected chi connectivity index (χ0v) is 13.9. The first-order valence-corrected chi connectivity index (χ1v) is 6.95. The topological polar surface area (TPSA) is 31.4 Å². The molecule has 1 fully saturated rings. The van der Waals surface area contributed by atoms with Crippen molar-refractivity contribution in [1.82, 2.24) is 4.98 Å². The van der Waals surface area contributed by atoms with Crippen LogP contribution in [-0.2, 0) is 23.0 Å². The Morgan fingerprint density at radius 2 is 2.38 bits per heavy atom. The molecule has 0 aromatic carbocycles. The van der Waals surface area contributed by atoms with Gasteiger partial charge in [0.15, 0.2) is 0 Å². The van der Waals surface area contributed by atoms with Crippen LogP contribution in [0.1, 0.15) is 24.5 Å². The van der Waals surface area contributed by atoms with E-state index in [1.807, 2.05) is 12.1 Å². The van der Waals surface area contributed by atoms with E-state index in [2.05, 4.69) is 4.98 Å². The molecule has 1 aliphatic rings. The van der Waals surface area contributed by atoms with E-state index in [1.165, 1.54) is 30.3 Å². The Balaban J connectivity index is 0.00000128. The monoisotopic (exact) mass is 335 g/mol. The van der Waals surface area contributed by atoms with Gasteiger partial charge in [-0.1, -0.05) is 0 Å². The molecule has 1 saturated heterocycles. The molecule has 2 atom stereocenters. The standard InChI is InChI=1S/C11H14NO2.BrH.Zn/c1-13-11-8-9(5-6-12-11)10-4-2-3-7-14-10;;/h2,5-6,8,10H,3-4,7H2,1H3;1H;/q;;+1/p-1. The van der Waals surface area contributed by atoms with Crippen molar-refractivity contribution in [3.63, 3.8) is 0 Å². The van der Waals surface area contributed by atoms with Gasteiger partial charge in [-0.25, -0.2) is 0 Å². The molecule has 0 spiro atoms. The van der Waals surface area contributed by atoms with Gasteiger partial charge in [0.1, 0.15) is 0 Å². The van der Waals surface area contributed by atoms with Gasteiger partial charge >= 0.3 is 99.7 Å². The van der Waals surface area contributed by atoms with E-state index < -0.39 is 0 Å². The van der Waals surface area contributed by atoms with E-state index >= 15 is 0 Å². The fraction of sp³-hybridized carbons (Fsp3) is 0.545. The summed E-state index contributed by atoms with van der Waals surface area (Å²) < 4.78 is 11.7. The van der Waals surface area contributed by atoms with Gasteiger partial charge in [0.05, 0.1) is 0 Å². The largest absolute Gasteiger partial charge is 1.00 e. The number of ether oxygens (including phenoxy) is 2. The summed E-state index contributed by atoms with van der Waals surface area (Å²) in [5.74, 6) is 0.672. The third-order valence-corrected chi connectivity index (χ3v) is 4.29. The molecule has 2 rings (SSSR count). The molecule has 0 radical (unpaired) electrons.